The average molecular weight is 290 g/mol. The van der Waals surface area contributed by atoms with E-state index in [4.69, 9.17) is 21.1 Å². The van der Waals surface area contributed by atoms with E-state index in [2.05, 4.69) is 5.32 Å². The van der Waals surface area contributed by atoms with Gasteiger partial charge in [-0.2, -0.15) is 0 Å². The predicted octanol–water partition coefficient (Wildman–Crippen LogP) is 3.33. The summed E-state index contributed by atoms with van der Waals surface area (Å²) in [5.74, 6) is 1.01. The van der Waals surface area contributed by atoms with Crippen molar-refractivity contribution in [3.63, 3.8) is 0 Å². The molecule has 1 heterocycles. The molecular weight excluding hydrogens is 278 g/mol. The smallest absolute Gasteiger partial charge is 0.246 e. The summed E-state index contributed by atoms with van der Waals surface area (Å²) in [7, 11) is 0. The fraction of sp³-hybridized carbons (Fsp3) is 0.133. The summed E-state index contributed by atoms with van der Waals surface area (Å²) in [6, 6.07) is 14.4. The minimum Gasteiger partial charge on any atom is -0.454 e. The van der Waals surface area contributed by atoms with Crippen molar-refractivity contribution < 1.29 is 14.3 Å². The minimum absolute atomic E-state index is 0.203. The molecule has 2 aromatic carbocycles. The Labute approximate surface area is 121 Å². The molecule has 0 bridgehead atoms. The summed E-state index contributed by atoms with van der Waals surface area (Å²) in [5.41, 5.74) is 1.38. The zero-order valence-corrected chi connectivity index (χ0v) is 11.3. The van der Waals surface area contributed by atoms with Crippen molar-refractivity contribution in [2.24, 2.45) is 0 Å². The van der Waals surface area contributed by atoms with Crippen LogP contribution in [0, 0.1) is 0 Å². The Kier molecular flexibility index (Phi) is 3.48. The largest absolute Gasteiger partial charge is 0.454 e. The number of nitrogens with one attached hydrogen (secondary N) is 1. The molecule has 0 saturated heterocycles. The monoisotopic (exact) mass is 289 g/mol. The highest BCUT2D eigenvalue weighted by molar-refractivity contribution is 6.32. The molecule has 0 spiro atoms. The molecule has 4 nitrogen and oxygen atoms in total. The maximum Gasteiger partial charge on any atom is 0.246 e. The Morgan fingerprint density at radius 2 is 1.85 bits per heavy atom. The number of rotatable bonds is 3. The fourth-order valence-corrected chi connectivity index (χ4v) is 2.15. The molecule has 1 N–H and O–H groups in total. The quantitative estimate of drug-likeness (QED) is 0.882. The van der Waals surface area contributed by atoms with Gasteiger partial charge < -0.3 is 14.8 Å². The summed E-state index contributed by atoms with van der Waals surface area (Å²) >= 11 is 6.16. The van der Waals surface area contributed by atoms with Gasteiger partial charge in [0, 0.05) is 11.8 Å². The van der Waals surface area contributed by atoms with Gasteiger partial charge in [0.25, 0.3) is 0 Å². The van der Waals surface area contributed by atoms with Crippen LogP contribution < -0.4 is 14.8 Å². The molecule has 5 heteroatoms. The van der Waals surface area contributed by atoms with Gasteiger partial charge in [0.1, 0.15) is 5.38 Å². The lowest BCUT2D eigenvalue weighted by molar-refractivity contribution is -0.116. The summed E-state index contributed by atoms with van der Waals surface area (Å²) < 4.78 is 10.5. The molecule has 1 aliphatic rings. The minimum atomic E-state index is -0.735. The molecule has 3 rings (SSSR count). The molecule has 20 heavy (non-hydrogen) atoms. The molecule has 1 amide bonds. The Balaban J connectivity index is 1.73. The fourth-order valence-electron chi connectivity index (χ4n) is 1.95. The first-order valence-electron chi connectivity index (χ1n) is 6.13. The highest BCUT2D eigenvalue weighted by Crippen LogP contribution is 2.34. The van der Waals surface area contributed by atoms with Crippen LogP contribution in [0.5, 0.6) is 11.5 Å². The van der Waals surface area contributed by atoms with E-state index in [9.17, 15) is 4.79 Å². The van der Waals surface area contributed by atoms with E-state index in [1.54, 1.807) is 18.2 Å². The SMILES string of the molecule is O=C(Nc1ccc2c(c1)OCO2)[C@@H](Cl)c1ccccc1. The number of carbonyl (C=O) groups excluding carboxylic acids is 1. The van der Waals surface area contributed by atoms with Gasteiger partial charge in [-0.05, 0) is 17.7 Å². The first kappa shape index (κ1) is 12.8. The zero-order valence-electron chi connectivity index (χ0n) is 10.5. The standard InChI is InChI=1S/C15H12ClNO3/c16-14(10-4-2-1-3-5-10)15(18)17-11-6-7-12-13(8-11)20-9-19-12/h1-8,14H,9H2,(H,17,18)/t14-/m0/s1. The number of anilines is 1. The molecule has 0 fully saturated rings. The molecule has 0 aromatic heterocycles. The molecule has 1 aliphatic heterocycles. The van der Waals surface area contributed by atoms with Crippen molar-refractivity contribution in [1.29, 1.82) is 0 Å². The van der Waals surface area contributed by atoms with Gasteiger partial charge in [0.05, 0.1) is 0 Å². The highest BCUT2D eigenvalue weighted by atomic mass is 35.5. The third kappa shape index (κ3) is 2.56. The lowest BCUT2D eigenvalue weighted by atomic mass is 10.1. The van der Waals surface area contributed by atoms with Gasteiger partial charge in [-0.25, -0.2) is 0 Å². The Morgan fingerprint density at radius 1 is 1.10 bits per heavy atom. The summed E-state index contributed by atoms with van der Waals surface area (Å²) in [6.45, 7) is 0.203. The van der Waals surface area contributed by atoms with Crippen molar-refractivity contribution in [3.8, 4) is 11.5 Å². The van der Waals surface area contributed by atoms with Crippen molar-refractivity contribution in [2.45, 2.75) is 5.38 Å². The van der Waals surface area contributed by atoms with E-state index in [-0.39, 0.29) is 12.7 Å². The number of hydrogen-bond donors (Lipinski definition) is 1. The molecule has 2 aromatic rings. The maximum atomic E-state index is 12.1. The van der Waals surface area contributed by atoms with E-state index in [1.165, 1.54) is 0 Å². The topological polar surface area (TPSA) is 47.6 Å². The van der Waals surface area contributed by atoms with Crippen LogP contribution in [0.4, 0.5) is 5.69 Å². The number of fused-ring (bicyclic) bond motifs is 1. The van der Waals surface area contributed by atoms with Gasteiger partial charge in [-0.3, -0.25) is 4.79 Å². The van der Waals surface area contributed by atoms with E-state index in [0.717, 1.165) is 5.56 Å². The van der Waals surface area contributed by atoms with Gasteiger partial charge in [0.15, 0.2) is 11.5 Å². The van der Waals surface area contributed by atoms with Gasteiger partial charge >= 0.3 is 0 Å². The number of amides is 1. The van der Waals surface area contributed by atoms with E-state index in [0.29, 0.717) is 17.2 Å². The second kappa shape index (κ2) is 5.43. The molecule has 0 saturated carbocycles. The Bertz CT molecular complexity index is 630. The maximum absolute atomic E-state index is 12.1. The third-order valence-electron chi connectivity index (χ3n) is 2.96. The van der Waals surface area contributed by atoms with E-state index < -0.39 is 5.38 Å². The van der Waals surface area contributed by atoms with Crippen molar-refractivity contribution in [1.82, 2.24) is 0 Å². The van der Waals surface area contributed by atoms with Crippen LogP contribution in [0.2, 0.25) is 0 Å². The van der Waals surface area contributed by atoms with Crippen molar-refractivity contribution in [3.05, 3.63) is 54.1 Å². The molecule has 1 atom stereocenters. The molecule has 0 radical (unpaired) electrons. The summed E-state index contributed by atoms with van der Waals surface area (Å²) in [6.07, 6.45) is 0. The predicted molar refractivity (Wildman–Crippen MR) is 76.2 cm³/mol. The zero-order chi connectivity index (χ0) is 13.9. The van der Waals surface area contributed by atoms with E-state index in [1.807, 2.05) is 30.3 Å². The van der Waals surface area contributed by atoms with Gasteiger partial charge in [-0.1, -0.05) is 30.3 Å². The third-order valence-corrected chi connectivity index (χ3v) is 3.41. The van der Waals surface area contributed by atoms with Crippen LogP contribution in [-0.2, 0) is 4.79 Å². The van der Waals surface area contributed by atoms with Crippen molar-refractivity contribution in [2.75, 3.05) is 12.1 Å². The van der Waals surface area contributed by atoms with Crippen molar-refractivity contribution >= 4 is 23.2 Å². The lowest BCUT2D eigenvalue weighted by Crippen LogP contribution is -2.17. The van der Waals surface area contributed by atoms with Crippen LogP contribution in [0.3, 0.4) is 0 Å². The number of ether oxygens (including phenoxy) is 2. The first-order chi connectivity index (χ1) is 9.74. The van der Waals surface area contributed by atoms with Crippen LogP contribution in [0.25, 0.3) is 0 Å². The van der Waals surface area contributed by atoms with E-state index >= 15 is 0 Å². The molecule has 102 valence electrons. The first-order valence-corrected chi connectivity index (χ1v) is 6.57. The van der Waals surface area contributed by atoms with Gasteiger partial charge in [0.2, 0.25) is 12.7 Å². The Morgan fingerprint density at radius 3 is 2.65 bits per heavy atom. The van der Waals surface area contributed by atoms with Crippen LogP contribution in [-0.4, -0.2) is 12.7 Å². The number of alkyl halides is 1. The van der Waals surface area contributed by atoms with Crippen LogP contribution >= 0.6 is 11.6 Å². The summed E-state index contributed by atoms with van der Waals surface area (Å²) in [5, 5.41) is 2.03. The normalized spacial score (nSPS) is 13.8. The average Bonchev–Trinajstić information content (AvgIpc) is 2.95. The molecule has 0 aliphatic carbocycles. The van der Waals surface area contributed by atoms with Gasteiger partial charge in [-0.15, -0.1) is 11.6 Å². The summed E-state index contributed by atoms with van der Waals surface area (Å²) in [4.78, 5) is 12.1. The van der Waals surface area contributed by atoms with Crippen LogP contribution in [0.1, 0.15) is 10.9 Å². The number of benzene rings is 2. The molecule has 0 unspecified atom stereocenters. The second-order valence-electron chi connectivity index (χ2n) is 4.33. The van der Waals surface area contributed by atoms with Crippen LogP contribution in [0.15, 0.2) is 48.5 Å². The number of carbonyl (C=O) groups is 1. The number of halogens is 1. The number of hydrogen-bond acceptors (Lipinski definition) is 3. The highest BCUT2D eigenvalue weighted by Gasteiger charge is 2.19. The Hall–Kier alpha value is -2.20. The molecular formula is C15H12ClNO3. The lowest BCUT2D eigenvalue weighted by Gasteiger charge is -2.11. The second-order valence-corrected chi connectivity index (χ2v) is 4.77.